The fourth-order valence-corrected chi connectivity index (χ4v) is 2.75. The Morgan fingerprint density at radius 3 is 2.53 bits per heavy atom. The molecule has 0 radical (unpaired) electrons. The van der Waals surface area contributed by atoms with Gasteiger partial charge in [-0.3, -0.25) is 4.79 Å². The summed E-state index contributed by atoms with van der Waals surface area (Å²) in [4.78, 5) is 11.8. The summed E-state index contributed by atoms with van der Waals surface area (Å²) in [6.07, 6.45) is 6.57. The molecule has 1 amide bonds. The SMILES string of the molecule is O=C(NCCC1CCCC1)c1ccc(I)cc1. The van der Waals surface area contributed by atoms with Crippen molar-refractivity contribution in [2.75, 3.05) is 6.54 Å². The van der Waals surface area contributed by atoms with E-state index >= 15 is 0 Å². The van der Waals surface area contributed by atoms with Crippen molar-refractivity contribution < 1.29 is 4.79 Å². The zero-order valence-electron chi connectivity index (χ0n) is 9.92. The van der Waals surface area contributed by atoms with Crippen LogP contribution >= 0.6 is 22.6 Å². The molecule has 1 saturated carbocycles. The zero-order chi connectivity index (χ0) is 12.1. The molecule has 17 heavy (non-hydrogen) atoms. The standard InChI is InChI=1S/C14H18INO/c15-13-7-5-12(6-8-13)14(17)16-10-9-11-3-1-2-4-11/h5-8,11H,1-4,9-10H2,(H,16,17). The van der Waals surface area contributed by atoms with Gasteiger partial charge in [-0.1, -0.05) is 25.7 Å². The summed E-state index contributed by atoms with van der Waals surface area (Å²) in [5.41, 5.74) is 0.761. The third kappa shape index (κ3) is 3.98. The molecule has 1 aliphatic carbocycles. The van der Waals surface area contributed by atoms with E-state index in [4.69, 9.17) is 0 Å². The predicted octanol–water partition coefficient (Wildman–Crippen LogP) is 3.60. The van der Waals surface area contributed by atoms with Gasteiger partial charge in [0, 0.05) is 15.7 Å². The second kappa shape index (κ2) is 6.38. The van der Waals surface area contributed by atoms with Crippen LogP contribution in [0.3, 0.4) is 0 Å². The lowest BCUT2D eigenvalue weighted by atomic mass is 10.0. The lowest BCUT2D eigenvalue weighted by Gasteiger charge is -2.09. The lowest BCUT2D eigenvalue weighted by molar-refractivity contribution is 0.0951. The van der Waals surface area contributed by atoms with Crippen LogP contribution in [0, 0.1) is 9.49 Å². The minimum Gasteiger partial charge on any atom is -0.352 e. The van der Waals surface area contributed by atoms with Crippen LogP contribution < -0.4 is 5.32 Å². The largest absolute Gasteiger partial charge is 0.352 e. The third-order valence-corrected chi connectivity index (χ3v) is 4.14. The highest BCUT2D eigenvalue weighted by Crippen LogP contribution is 2.26. The molecule has 0 spiro atoms. The first-order chi connectivity index (χ1) is 8.25. The monoisotopic (exact) mass is 343 g/mol. The van der Waals surface area contributed by atoms with Crippen molar-refractivity contribution in [3.8, 4) is 0 Å². The highest BCUT2D eigenvalue weighted by Gasteiger charge is 2.14. The van der Waals surface area contributed by atoms with Crippen LogP contribution in [0.1, 0.15) is 42.5 Å². The van der Waals surface area contributed by atoms with Crippen molar-refractivity contribution in [3.05, 3.63) is 33.4 Å². The number of benzene rings is 1. The van der Waals surface area contributed by atoms with Crippen LogP contribution in [0.4, 0.5) is 0 Å². The quantitative estimate of drug-likeness (QED) is 0.832. The number of halogens is 1. The molecular formula is C14H18INO. The van der Waals surface area contributed by atoms with Gasteiger partial charge in [0.25, 0.3) is 5.91 Å². The van der Waals surface area contributed by atoms with E-state index in [0.29, 0.717) is 0 Å². The molecule has 1 aliphatic rings. The molecule has 2 nitrogen and oxygen atoms in total. The second-order valence-corrected chi connectivity index (χ2v) is 5.95. The van der Waals surface area contributed by atoms with E-state index in [-0.39, 0.29) is 5.91 Å². The van der Waals surface area contributed by atoms with Gasteiger partial charge in [-0.2, -0.15) is 0 Å². The summed E-state index contributed by atoms with van der Waals surface area (Å²) in [5.74, 6) is 0.895. The molecule has 3 heteroatoms. The maximum atomic E-state index is 11.8. The van der Waals surface area contributed by atoms with Gasteiger partial charge in [-0.15, -0.1) is 0 Å². The predicted molar refractivity (Wildman–Crippen MR) is 78.1 cm³/mol. The Morgan fingerprint density at radius 1 is 1.24 bits per heavy atom. The fraction of sp³-hybridized carbons (Fsp3) is 0.500. The Balaban J connectivity index is 1.75. The van der Waals surface area contributed by atoms with Gasteiger partial charge in [0.05, 0.1) is 0 Å². The van der Waals surface area contributed by atoms with Crippen molar-refractivity contribution >= 4 is 28.5 Å². The van der Waals surface area contributed by atoms with E-state index in [1.165, 1.54) is 25.7 Å². The Labute approximate surface area is 116 Å². The minimum absolute atomic E-state index is 0.0550. The van der Waals surface area contributed by atoms with Gasteiger partial charge in [0.1, 0.15) is 0 Å². The van der Waals surface area contributed by atoms with E-state index in [9.17, 15) is 4.79 Å². The molecule has 2 rings (SSSR count). The number of amides is 1. The first-order valence-corrected chi connectivity index (χ1v) is 7.37. The van der Waals surface area contributed by atoms with Gasteiger partial charge >= 0.3 is 0 Å². The normalized spacial score (nSPS) is 16.1. The smallest absolute Gasteiger partial charge is 0.251 e. The highest BCUT2D eigenvalue weighted by atomic mass is 127. The highest BCUT2D eigenvalue weighted by molar-refractivity contribution is 14.1. The van der Waals surface area contributed by atoms with Gasteiger partial charge in [-0.05, 0) is 59.2 Å². The molecule has 0 aromatic heterocycles. The maximum absolute atomic E-state index is 11.8. The fourth-order valence-electron chi connectivity index (χ4n) is 2.39. The van der Waals surface area contributed by atoms with Crippen molar-refractivity contribution in [2.24, 2.45) is 5.92 Å². The number of hydrogen-bond donors (Lipinski definition) is 1. The average molecular weight is 343 g/mol. The molecular weight excluding hydrogens is 325 g/mol. The number of carbonyl (C=O) groups is 1. The molecule has 1 aromatic carbocycles. The Hall–Kier alpha value is -0.580. The first-order valence-electron chi connectivity index (χ1n) is 6.29. The van der Waals surface area contributed by atoms with Crippen LogP contribution in [-0.4, -0.2) is 12.5 Å². The summed E-state index contributed by atoms with van der Waals surface area (Å²) in [7, 11) is 0. The molecule has 1 fully saturated rings. The second-order valence-electron chi connectivity index (χ2n) is 4.70. The van der Waals surface area contributed by atoms with Crippen molar-refractivity contribution in [1.29, 1.82) is 0 Å². The molecule has 0 aliphatic heterocycles. The summed E-state index contributed by atoms with van der Waals surface area (Å²) >= 11 is 2.24. The van der Waals surface area contributed by atoms with Gasteiger partial charge in [-0.25, -0.2) is 0 Å². The summed E-state index contributed by atoms with van der Waals surface area (Å²) in [6, 6.07) is 7.69. The summed E-state index contributed by atoms with van der Waals surface area (Å²) < 4.78 is 1.16. The molecule has 0 heterocycles. The summed E-state index contributed by atoms with van der Waals surface area (Å²) in [6.45, 7) is 0.815. The molecule has 1 aromatic rings. The molecule has 0 unspecified atom stereocenters. The number of nitrogens with one attached hydrogen (secondary N) is 1. The van der Waals surface area contributed by atoms with Gasteiger partial charge < -0.3 is 5.32 Å². The lowest BCUT2D eigenvalue weighted by Crippen LogP contribution is -2.25. The van der Waals surface area contributed by atoms with Crippen LogP contribution in [-0.2, 0) is 0 Å². The number of hydrogen-bond acceptors (Lipinski definition) is 1. The maximum Gasteiger partial charge on any atom is 0.251 e. The third-order valence-electron chi connectivity index (χ3n) is 3.42. The molecule has 0 saturated heterocycles. The molecule has 1 N–H and O–H groups in total. The first kappa shape index (κ1) is 12.9. The Kier molecular flexibility index (Phi) is 4.83. The minimum atomic E-state index is 0.0550. The van der Waals surface area contributed by atoms with E-state index < -0.39 is 0 Å². The van der Waals surface area contributed by atoms with Crippen LogP contribution in [0.15, 0.2) is 24.3 Å². The van der Waals surface area contributed by atoms with E-state index in [1.54, 1.807) is 0 Å². The van der Waals surface area contributed by atoms with Crippen molar-refractivity contribution in [2.45, 2.75) is 32.1 Å². The molecule has 0 bridgehead atoms. The van der Waals surface area contributed by atoms with Crippen molar-refractivity contribution in [3.63, 3.8) is 0 Å². The molecule has 0 atom stereocenters. The number of carbonyl (C=O) groups excluding carboxylic acids is 1. The zero-order valence-corrected chi connectivity index (χ0v) is 12.1. The van der Waals surface area contributed by atoms with E-state index in [0.717, 1.165) is 28.0 Å². The van der Waals surface area contributed by atoms with Crippen LogP contribution in [0.25, 0.3) is 0 Å². The summed E-state index contributed by atoms with van der Waals surface area (Å²) in [5, 5.41) is 3.00. The molecule has 92 valence electrons. The Morgan fingerprint density at radius 2 is 1.88 bits per heavy atom. The van der Waals surface area contributed by atoms with Gasteiger partial charge in [0.2, 0.25) is 0 Å². The average Bonchev–Trinajstić information content (AvgIpc) is 2.83. The van der Waals surface area contributed by atoms with Crippen LogP contribution in [0.5, 0.6) is 0 Å². The Bertz CT molecular complexity index is 368. The number of rotatable bonds is 4. The van der Waals surface area contributed by atoms with E-state index in [2.05, 4.69) is 27.9 Å². The van der Waals surface area contributed by atoms with Crippen molar-refractivity contribution in [1.82, 2.24) is 5.32 Å². The van der Waals surface area contributed by atoms with E-state index in [1.807, 2.05) is 24.3 Å². The van der Waals surface area contributed by atoms with Gasteiger partial charge in [0.15, 0.2) is 0 Å². The van der Waals surface area contributed by atoms with Crippen LogP contribution in [0.2, 0.25) is 0 Å². The topological polar surface area (TPSA) is 29.1 Å².